The largest absolute Gasteiger partial charge is 0.337 e. The zero-order valence-electron chi connectivity index (χ0n) is 12.0. The van der Waals surface area contributed by atoms with Crippen LogP contribution in [0.4, 0.5) is 0 Å². The second kappa shape index (κ2) is 4.64. The number of likely N-dealkylation sites (tertiary alicyclic amines) is 1. The van der Waals surface area contributed by atoms with Crippen LogP contribution >= 0.6 is 0 Å². The first kappa shape index (κ1) is 12.7. The molecule has 0 aromatic heterocycles. The van der Waals surface area contributed by atoms with Crippen LogP contribution in [0.3, 0.4) is 0 Å². The Labute approximate surface area is 115 Å². The van der Waals surface area contributed by atoms with Crippen molar-refractivity contribution in [3.05, 3.63) is 34.4 Å². The molecule has 0 radical (unpaired) electrons. The van der Waals surface area contributed by atoms with E-state index in [1.165, 1.54) is 12.0 Å². The highest BCUT2D eigenvalue weighted by atomic mass is 16.2. The molecule has 2 heterocycles. The topological polar surface area (TPSA) is 32.3 Å². The van der Waals surface area contributed by atoms with Gasteiger partial charge in [-0.25, -0.2) is 0 Å². The van der Waals surface area contributed by atoms with Crippen LogP contribution < -0.4 is 5.32 Å². The molecule has 3 nitrogen and oxygen atoms in total. The van der Waals surface area contributed by atoms with E-state index in [0.717, 1.165) is 36.3 Å². The number of aryl methyl sites for hydroxylation is 3. The highest BCUT2D eigenvalue weighted by Crippen LogP contribution is 2.27. The van der Waals surface area contributed by atoms with Crippen molar-refractivity contribution in [2.24, 2.45) is 5.92 Å². The molecular weight excluding hydrogens is 236 g/mol. The van der Waals surface area contributed by atoms with E-state index in [4.69, 9.17) is 0 Å². The number of benzene rings is 1. The average Bonchev–Trinajstić information content (AvgIpc) is 2.86. The van der Waals surface area contributed by atoms with Crippen molar-refractivity contribution in [3.63, 3.8) is 0 Å². The zero-order valence-corrected chi connectivity index (χ0v) is 12.0. The van der Waals surface area contributed by atoms with Gasteiger partial charge < -0.3 is 10.2 Å². The van der Waals surface area contributed by atoms with Gasteiger partial charge in [0.15, 0.2) is 0 Å². The third-order valence-corrected chi connectivity index (χ3v) is 4.54. The summed E-state index contributed by atoms with van der Waals surface area (Å²) in [6.07, 6.45) is 1.21. The lowest BCUT2D eigenvalue weighted by molar-refractivity contribution is 0.0781. The Bertz CT molecular complexity index is 488. The minimum atomic E-state index is 0.214. The molecule has 102 valence electrons. The van der Waals surface area contributed by atoms with E-state index in [2.05, 4.69) is 24.4 Å². The van der Waals surface area contributed by atoms with E-state index in [9.17, 15) is 4.79 Å². The van der Waals surface area contributed by atoms with Gasteiger partial charge in [0, 0.05) is 24.7 Å². The van der Waals surface area contributed by atoms with E-state index in [1.54, 1.807) is 0 Å². The maximum Gasteiger partial charge on any atom is 0.254 e. The van der Waals surface area contributed by atoms with Crippen molar-refractivity contribution in [1.29, 1.82) is 0 Å². The van der Waals surface area contributed by atoms with Crippen molar-refractivity contribution >= 4 is 5.91 Å². The summed E-state index contributed by atoms with van der Waals surface area (Å²) in [6.45, 7) is 9.07. The third-order valence-electron chi connectivity index (χ3n) is 4.54. The van der Waals surface area contributed by atoms with Crippen LogP contribution in [0.25, 0.3) is 0 Å². The van der Waals surface area contributed by atoms with Gasteiger partial charge in [-0.3, -0.25) is 4.79 Å². The highest BCUT2D eigenvalue weighted by molar-refractivity contribution is 5.97. The number of nitrogens with zero attached hydrogens (tertiary/aromatic N) is 1. The molecule has 0 saturated carbocycles. The van der Waals surface area contributed by atoms with Crippen LogP contribution in [0, 0.1) is 26.7 Å². The maximum absolute atomic E-state index is 12.7. The fourth-order valence-electron chi connectivity index (χ4n) is 3.69. The predicted molar refractivity (Wildman–Crippen MR) is 76.5 cm³/mol. The van der Waals surface area contributed by atoms with Crippen molar-refractivity contribution in [2.45, 2.75) is 33.2 Å². The number of carbonyl (C=O) groups excluding carboxylic acids is 1. The quantitative estimate of drug-likeness (QED) is 0.836. The number of rotatable bonds is 1. The minimum Gasteiger partial charge on any atom is -0.337 e. The molecule has 2 aliphatic rings. The van der Waals surface area contributed by atoms with Gasteiger partial charge in [0.1, 0.15) is 0 Å². The molecular formula is C16H22N2O. The van der Waals surface area contributed by atoms with Gasteiger partial charge in [-0.05, 0) is 50.8 Å². The first-order valence-electron chi connectivity index (χ1n) is 7.17. The Morgan fingerprint density at radius 1 is 1.21 bits per heavy atom. The number of amides is 1. The molecule has 1 amide bonds. The van der Waals surface area contributed by atoms with Crippen LogP contribution in [0.2, 0.25) is 0 Å². The third kappa shape index (κ3) is 2.16. The average molecular weight is 258 g/mol. The van der Waals surface area contributed by atoms with Crippen LogP contribution in [0.5, 0.6) is 0 Å². The summed E-state index contributed by atoms with van der Waals surface area (Å²) in [4.78, 5) is 14.8. The molecule has 19 heavy (non-hydrogen) atoms. The highest BCUT2D eigenvalue weighted by Gasteiger charge is 2.38. The van der Waals surface area contributed by atoms with E-state index in [-0.39, 0.29) is 5.91 Å². The van der Waals surface area contributed by atoms with Gasteiger partial charge in [0.25, 0.3) is 5.91 Å². The summed E-state index contributed by atoms with van der Waals surface area (Å²) in [7, 11) is 0. The fraction of sp³-hybridized carbons (Fsp3) is 0.562. The summed E-state index contributed by atoms with van der Waals surface area (Å²) < 4.78 is 0. The van der Waals surface area contributed by atoms with E-state index in [0.29, 0.717) is 12.0 Å². The van der Waals surface area contributed by atoms with Gasteiger partial charge in [-0.15, -0.1) is 0 Å². The molecule has 0 unspecified atom stereocenters. The molecule has 0 aliphatic carbocycles. The number of hydrogen-bond donors (Lipinski definition) is 1. The summed E-state index contributed by atoms with van der Waals surface area (Å²) in [6, 6.07) is 4.74. The second-order valence-electron chi connectivity index (χ2n) is 6.09. The molecule has 1 aromatic rings. The molecule has 2 saturated heterocycles. The fourth-order valence-corrected chi connectivity index (χ4v) is 3.69. The Balaban J connectivity index is 1.85. The van der Waals surface area contributed by atoms with Gasteiger partial charge in [-0.2, -0.15) is 0 Å². The van der Waals surface area contributed by atoms with E-state index < -0.39 is 0 Å². The number of carbonyl (C=O) groups is 1. The number of fused-ring (bicyclic) bond motifs is 1. The van der Waals surface area contributed by atoms with E-state index >= 15 is 0 Å². The Morgan fingerprint density at radius 3 is 2.53 bits per heavy atom. The van der Waals surface area contributed by atoms with Crippen molar-refractivity contribution in [1.82, 2.24) is 10.2 Å². The van der Waals surface area contributed by atoms with Gasteiger partial charge >= 0.3 is 0 Å². The zero-order chi connectivity index (χ0) is 13.6. The summed E-state index contributed by atoms with van der Waals surface area (Å²) in [5.74, 6) is 0.876. The second-order valence-corrected chi connectivity index (χ2v) is 6.09. The molecule has 0 bridgehead atoms. The predicted octanol–water partition coefficient (Wildman–Crippen LogP) is 2.05. The molecule has 0 spiro atoms. The lowest BCUT2D eigenvalue weighted by Gasteiger charge is -2.20. The molecule has 1 aromatic carbocycles. The van der Waals surface area contributed by atoms with Gasteiger partial charge in [-0.1, -0.05) is 17.7 Å². The van der Waals surface area contributed by atoms with Crippen LogP contribution in [-0.2, 0) is 0 Å². The Hall–Kier alpha value is -1.35. The summed E-state index contributed by atoms with van der Waals surface area (Å²) in [5.41, 5.74) is 4.34. The molecule has 2 fully saturated rings. The summed E-state index contributed by atoms with van der Waals surface area (Å²) >= 11 is 0. The van der Waals surface area contributed by atoms with E-state index in [1.807, 2.05) is 18.7 Å². The molecule has 3 rings (SSSR count). The maximum atomic E-state index is 12.7. The standard InChI is InChI=1S/C16H22N2O/c1-10-6-11(2)15(12(3)7-10)16(19)18-8-13-4-5-17-14(13)9-18/h6-7,13-14,17H,4-5,8-9H2,1-3H3/t13-,14+/m0/s1. The lowest BCUT2D eigenvalue weighted by Crippen LogP contribution is -2.34. The van der Waals surface area contributed by atoms with Crippen molar-refractivity contribution in [2.75, 3.05) is 19.6 Å². The Kier molecular flexibility index (Phi) is 3.09. The van der Waals surface area contributed by atoms with Crippen molar-refractivity contribution in [3.8, 4) is 0 Å². The summed E-state index contributed by atoms with van der Waals surface area (Å²) in [5, 5.41) is 3.50. The number of hydrogen-bond acceptors (Lipinski definition) is 2. The first-order chi connectivity index (χ1) is 9.06. The minimum absolute atomic E-state index is 0.214. The monoisotopic (exact) mass is 258 g/mol. The van der Waals surface area contributed by atoms with Crippen molar-refractivity contribution < 1.29 is 4.79 Å². The first-order valence-corrected chi connectivity index (χ1v) is 7.17. The van der Waals surface area contributed by atoms with Crippen LogP contribution in [0.1, 0.15) is 33.5 Å². The molecule has 1 N–H and O–H groups in total. The molecule has 3 heteroatoms. The Morgan fingerprint density at radius 2 is 1.89 bits per heavy atom. The van der Waals surface area contributed by atoms with Crippen LogP contribution in [0.15, 0.2) is 12.1 Å². The molecule has 2 aliphatic heterocycles. The number of nitrogens with one attached hydrogen (secondary N) is 1. The SMILES string of the molecule is Cc1cc(C)c(C(=O)N2C[C@@H]3CCN[C@@H]3C2)c(C)c1. The lowest BCUT2D eigenvalue weighted by atomic mass is 9.99. The molecule has 2 atom stereocenters. The van der Waals surface area contributed by atoms with Crippen LogP contribution in [-0.4, -0.2) is 36.5 Å². The van der Waals surface area contributed by atoms with Gasteiger partial charge in [0.2, 0.25) is 0 Å². The normalized spacial score (nSPS) is 25.7. The van der Waals surface area contributed by atoms with Gasteiger partial charge in [0.05, 0.1) is 0 Å². The smallest absolute Gasteiger partial charge is 0.254 e.